The van der Waals surface area contributed by atoms with Gasteiger partial charge < -0.3 is 0 Å². The van der Waals surface area contributed by atoms with Crippen molar-refractivity contribution in [2.24, 2.45) is 13.5 Å². The van der Waals surface area contributed by atoms with E-state index >= 15 is 0 Å². The van der Waals surface area contributed by atoms with Crippen LogP contribution in [0.2, 0.25) is 0 Å². The van der Waals surface area contributed by atoms with Gasteiger partial charge in [0, 0.05) is 6.54 Å². The molecule has 1 aliphatic heterocycles. The molecule has 0 aromatic carbocycles. The van der Waals surface area contributed by atoms with Gasteiger partial charge in [0.15, 0.2) is 0 Å². The fourth-order valence-corrected chi connectivity index (χ4v) is 18.0. The van der Waals surface area contributed by atoms with Gasteiger partial charge >= 0.3 is 0 Å². The highest BCUT2D eigenvalue weighted by molar-refractivity contribution is 8.22. The molecule has 14 heavy (non-hydrogen) atoms. The number of hydrogen-bond donors (Lipinski definition) is 1. The Hall–Kier alpha value is 2.10. The van der Waals surface area contributed by atoms with Crippen LogP contribution < -0.4 is 5.09 Å². The molecule has 0 spiro atoms. The second-order valence-corrected chi connectivity index (χ2v) is 15.7. The Bertz CT molecular complexity index is 382. The number of nitrogens with zero attached hydrogens (tertiary/aromatic N) is 3. The highest BCUT2D eigenvalue weighted by Gasteiger charge is 2.31. The van der Waals surface area contributed by atoms with Gasteiger partial charge in [-0.15, -0.1) is 0 Å². The van der Waals surface area contributed by atoms with E-state index in [-0.39, 0.29) is 0 Å². The molecule has 1 rings (SSSR count). The third-order valence-corrected chi connectivity index (χ3v) is 13.5. The summed E-state index contributed by atoms with van der Waals surface area (Å²) in [6.07, 6.45) is 0. The molecule has 0 saturated carbocycles. The smallest absolute Gasteiger partial charge is 0.254 e. The molecule has 1 unspecified atom stereocenters. The minimum absolute atomic E-state index is 0.575. The van der Waals surface area contributed by atoms with Gasteiger partial charge in [0.25, 0.3) is 11.8 Å². The molecule has 0 saturated heterocycles. The summed E-state index contributed by atoms with van der Waals surface area (Å²) < 4.78 is 11.7. The Labute approximate surface area is 106 Å². The van der Waals surface area contributed by atoms with Crippen LogP contribution >= 0.6 is 74.7 Å². The van der Waals surface area contributed by atoms with Crippen LogP contribution in [0.3, 0.4) is 0 Å². The molecule has 4 nitrogen and oxygen atoms in total. The van der Waals surface area contributed by atoms with Crippen LogP contribution in [0.5, 0.6) is 0 Å². The maximum absolute atomic E-state index is 6.07. The molecular weight excluding hydrogens is 350 g/mol. The second kappa shape index (κ2) is 4.77. The molecule has 0 amide bonds. The van der Waals surface area contributed by atoms with Crippen LogP contribution in [0.25, 0.3) is 0 Å². The number of halogens is 5. The van der Waals surface area contributed by atoms with Crippen molar-refractivity contribution in [1.82, 2.24) is 5.09 Å². The van der Waals surface area contributed by atoms with Crippen molar-refractivity contribution in [1.29, 1.82) is 0 Å². The molecule has 1 N–H and O–H groups in total. The van der Waals surface area contributed by atoms with Gasteiger partial charge in [0.1, 0.15) is 0 Å². The zero-order valence-electron chi connectivity index (χ0n) is 6.78. The maximum Gasteiger partial charge on any atom is 0.257 e. The van der Waals surface area contributed by atoms with Crippen LogP contribution in [-0.4, -0.2) is 6.54 Å². The van der Waals surface area contributed by atoms with E-state index in [9.17, 15) is 0 Å². The van der Waals surface area contributed by atoms with E-state index in [0.717, 1.165) is 0 Å². The Kier molecular flexibility index (Phi) is 4.82. The van der Waals surface area contributed by atoms with Crippen LogP contribution in [0, 0.1) is 0 Å². The first-order chi connectivity index (χ1) is 6.18. The molecule has 0 fully saturated rings. The lowest BCUT2D eigenvalue weighted by Crippen LogP contribution is -2.03. The zero-order valence-corrected chi connectivity index (χ0v) is 13.2. The van der Waals surface area contributed by atoms with Crippen molar-refractivity contribution in [2.75, 3.05) is 6.54 Å². The topological polar surface area (TPSA) is 49.1 Å². The van der Waals surface area contributed by atoms with E-state index in [4.69, 9.17) is 56.2 Å². The standard InChI is InChI=1S/C2H6Cl5N4P3/c1-2-8-14(7)10-12(3,4)9-13(5,6)11-14/h8H,2H2,1H3. The van der Waals surface area contributed by atoms with Gasteiger partial charge in [-0.25, -0.2) is 0 Å². The Morgan fingerprint density at radius 1 is 0.929 bits per heavy atom. The fourth-order valence-electron chi connectivity index (χ4n) is 0.733. The molecule has 84 valence electrons. The van der Waals surface area contributed by atoms with Crippen LogP contribution in [0.15, 0.2) is 13.5 Å². The van der Waals surface area contributed by atoms with Crippen molar-refractivity contribution in [2.45, 2.75) is 6.92 Å². The van der Waals surface area contributed by atoms with Gasteiger partial charge in [-0.05, 0) is 56.2 Å². The average molecular weight is 356 g/mol. The monoisotopic (exact) mass is 354 g/mol. The van der Waals surface area contributed by atoms with Crippen molar-refractivity contribution in [3.8, 4) is 0 Å². The predicted octanol–water partition coefficient (Wildman–Crippen LogP) is 6.64. The van der Waals surface area contributed by atoms with Crippen LogP contribution in [0.1, 0.15) is 6.92 Å². The first-order valence-corrected chi connectivity index (χ1v) is 12.9. The summed E-state index contributed by atoms with van der Waals surface area (Å²) in [6.45, 7) is -0.229. The van der Waals surface area contributed by atoms with Gasteiger partial charge in [-0.3, -0.25) is 5.09 Å². The summed E-state index contributed by atoms with van der Waals surface area (Å²) in [5, 5.41) is 2.87. The van der Waals surface area contributed by atoms with E-state index in [1.165, 1.54) is 0 Å². The molecular formula is C2H6Cl5N4P3. The van der Waals surface area contributed by atoms with Crippen molar-refractivity contribution in [3.63, 3.8) is 0 Å². The lowest BCUT2D eigenvalue weighted by Gasteiger charge is -2.21. The zero-order chi connectivity index (χ0) is 11.0. The molecule has 1 aliphatic rings. The normalized spacial score (nSPS) is 33.9. The van der Waals surface area contributed by atoms with Gasteiger partial charge in [0.05, 0.1) is 0 Å². The maximum atomic E-state index is 6.07. The number of hydrogen-bond acceptors (Lipinski definition) is 4. The predicted molar refractivity (Wildman–Crippen MR) is 71.0 cm³/mol. The lowest BCUT2D eigenvalue weighted by molar-refractivity contribution is 1.02. The minimum atomic E-state index is -2.87. The molecule has 12 heteroatoms. The first-order valence-electron chi connectivity index (χ1n) is 3.33. The highest BCUT2D eigenvalue weighted by Crippen LogP contribution is 2.85. The first kappa shape index (κ1) is 14.2. The Balaban J connectivity index is 3.33. The van der Waals surface area contributed by atoms with Crippen molar-refractivity contribution >= 4 is 74.7 Å². The van der Waals surface area contributed by atoms with Crippen molar-refractivity contribution < 1.29 is 0 Å². The van der Waals surface area contributed by atoms with E-state index < -0.39 is 18.5 Å². The molecule has 0 aliphatic carbocycles. The molecule has 0 bridgehead atoms. The molecule has 0 aromatic rings. The number of rotatable bonds is 2. The Morgan fingerprint density at radius 3 is 1.86 bits per heavy atom. The summed E-state index contributed by atoms with van der Waals surface area (Å²) in [5.74, 6) is -5.74. The van der Waals surface area contributed by atoms with Crippen LogP contribution in [0.4, 0.5) is 0 Å². The average Bonchev–Trinajstić information content (AvgIpc) is 1.75. The molecule has 1 atom stereocenters. The van der Waals surface area contributed by atoms with Crippen LogP contribution in [-0.2, 0) is 0 Å². The van der Waals surface area contributed by atoms with Crippen molar-refractivity contribution in [3.05, 3.63) is 0 Å². The quantitative estimate of drug-likeness (QED) is 0.554. The minimum Gasteiger partial charge on any atom is -0.254 e. The van der Waals surface area contributed by atoms with E-state index in [1.54, 1.807) is 0 Å². The lowest BCUT2D eigenvalue weighted by atomic mass is 10.8. The third-order valence-electron chi connectivity index (χ3n) is 1.03. The summed E-state index contributed by atoms with van der Waals surface area (Å²) in [5.41, 5.74) is 0. The molecule has 1 heterocycles. The largest absolute Gasteiger partial charge is 0.257 e. The van der Waals surface area contributed by atoms with Gasteiger partial charge in [-0.1, -0.05) is 6.92 Å². The second-order valence-electron chi connectivity index (χ2n) is 2.22. The highest BCUT2D eigenvalue weighted by atomic mass is 35.9. The van der Waals surface area contributed by atoms with Gasteiger partial charge in [0.2, 0.25) is 6.71 Å². The summed E-state index contributed by atoms with van der Waals surface area (Å²) in [6, 6.07) is 0. The summed E-state index contributed by atoms with van der Waals surface area (Å²) in [7, 11) is 0. The summed E-state index contributed by atoms with van der Waals surface area (Å²) >= 11 is 29.4. The number of nitrogens with one attached hydrogen (secondary N) is 1. The van der Waals surface area contributed by atoms with E-state index in [0.29, 0.717) is 6.54 Å². The summed E-state index contributed by atoms with van der Waals surface area (Å²) in [4.78, 5) is 0. The molecule has 0 aromatic heterocycles. The van der Waals surface area contributed by atoms with E-state index in [1.807, 2.05) is 6.92 Å². The fraction of sp³-hybridized carbons (Fsp3) is 1.00. The molecule has 0 radical (unpaired) electrons. The van der Waals surface area contributed by atoms with E-state index in [2.05, 4.69) is 18.6 Å². The third kappa shape index (κ3) is 4.17. The Morgan fingerprint density at radius 2 is 1.43 bits per heavy atom. The SMILES string of the molecule is CCNP1(Cl)=NP(Cl)(Cl)=NP(Cl)(Cl)=N1. The van der Waals surface area contributed by atoms with Gasteiger partial charge in [-0.2, -0.15) is 13.5 Å².